The van der Waals surface area contributed by atoms with Gasteiger partial charge in [-0.05, 0) is 55.9 Å². The Morgan fingerprint density at radius 2 is 1.88 bits per heavy atom. The van der Waals surface area contributed by atoms with Crippen LogP contribution in [0.4, 0.5) is 5.69 Å². The average Bonchev–Trinajstić information content (AvgIpc) is 3.49. The van der Waals surface area contributed by atoms with E-state index in [1.165, 1.54) is 0 Å². The summed E-state index contributed by atoms with van der Waals surface area (Å²) in [6.07, 6.45) is 4.96. The van der Waals surface area contributed by atoms with Crippen LogP contribution in [-0.2, 0) is 16.0 Å². The lowest BCUT2D eigenvalue weighted by Crippen LogP contribution is -2.49. The lowest BCUT2D eigenvalue weighted by molar-refractivity contribution is -0.140. The molecule has 172 valence electrons. The lowest BCUT2D eigenvalue weighted by atomic mass is 10.1. The number of anilines is 1. The summed E-state index contributed by atoms with van der Waals surface area (Å²) in [5.74, 6) is 0.824. The van der Waals surface area contributed by atoms with Crippen molar-refractivity contribution in [3.63, 3.8) is 0 Å². The minimum Gasteiger partial charge on any atom is -0.493 e. The van der Waals surface area contributed by atoms with Crippen molar-refractivity contribution in [3.8, 4) is 17.9 Å². The van der Waals surface area contributed by atoms with Crippen molar-refractivity contribution in [1.82, 2.24) is 15.1 Å². The Hall–Kier alpha value is -3.72. The van der Waals surface area contributed by atoms with Crippen LogP contribution in [0.15, 0.2) is 29.6 Å². The zero-order chi connectivity index (χ0) is 23.2. The van der Waals surface area contributed by atoms with E-state index in [1.807, 2.05) is 35.2 Å². The van der Waals surface area contributed by atoms with Crippen molar-refractivity contribution in [1.29, 1.82) is 10.5 Å². The van der Waals surface area contributed by atoms with Gasteiger partial charge in [-0.15, -0.1) is 0 Å². The molecular formula is C24H28N6O3. The summed E-state index contributed by atoms with van der Waals surface area (Å²) in [5.41, 5.74) is 1.61. The molecule has 9 nitrogen and oxygen atoms in total. The summed E-state index contributed by atoms with van der Waals surface area (Å²) < 4.78 is 5.54. The predicted octanol–water partition coefficient (Wildman–Crippen LogP) is 1.89. The molecule has 3 aliphatic rings. The largest absolute Gasteiger partial charge is 0.493 e. The highest BCUT2D eigenvalue weighted by molar-refractivity contribution is 5.88. The van der Waals surface area contributed by atoms with Gasteiger partial charge in [0.25, 0.3) is 0 Å². The number of hydrogen-bond donors (Lipinski definition) is 2. The molecule has 0 saturated carbocycles. The summed E-state index contributed by atoms with van der Waals surface area (Å²) in [5, 5.41) is 25.2. The van der Waals surface area contributed by atoms with E-state index in [-0.39, 0.29) is 29.8 Å². The van der Waals surface area contributed by atoms with Crippen LogP contribution in [0.3, 0.4) is 0 Å². The van der Waals surface area contributed by atoms with Crippen molar-refractivity contribution in [3.05, 3.63) is 35.2 Å². The van der Waals surface area contributed by atoms with Gasteiger partial charge in [-0.25, -0.2) is 0 Å². The molecule has 1 aromatic carbocycles. The number of nitrogens with one attached hydrogen (secondary N) is 2. The Balaban J connectivity index is 1.50. The summed E-state index contributed by atoms with van der Waals surface area (Å²) in [6, 6.07) is 8.77. The first-order chi connectivity index (χ1) is 16.1. The molecule has 2 N–H and O–H groups in total. The van der Waals surface area contributed by atoms with Gasteiger partial charge in [0.2, 0.25) is 11.8 Å². The van der Waals surface area contributed by atoms with Crippen LogP contribution in [0.1, 0.15) is 37.7 Å². The van der Waals surface area contributed by atoms with Crippen molar-refractivity contribution >= 4 is 17.5 Å². The second kappa shape index (κ2) is 10.3. The number of nitrogens with zero attached hydrogens (tertiary/aromatic N) is 4. The molecule has 0 aliphatic carbocycles. The van der Waals surface area contributed by atoms with E-state index in [2.05, 4.69) is 10.6 Å². The Bertz CT molecular complexity index is 1020. The van der Waals surface area contributed by atoms with Crippen LogP contribution in [0.25, 0.3) is 0 Å². The Morgan fingerprint density at radius 1 is 1.12 bits per heavy atom. The molecule has 2 saturated heterocycles. The summed E-state index contributed by atoms with van der Waals surface area (Å²) in [6.45, 7) is 2.72. The van der Waals surface area contributed by atoms with Gasteiger partial charge in [0.05, 0.1) is 13.2 Å². The maximum atomic E-state index is 13.3. The first-order valence-corrected chi connectivity index (χ1v) is 11.5. The third-order valence-electron chi connectivity index (χ3n) is 6.32. The van der Waals surface area contributed by atoms with E-state index >= 15 is 0 Å². The van der Waals surface area contributed by atoms with Crippen LogP contribution in [0.2, 0.25) is 0 Å². The Morgan fingerprint density at radius 3 is 2.64 bits per heavy atom. The minimum absolute atomic E-state index is 0.0227. The summed E-state index contributed by atoms with van der Waals surface area (Å²) >= 11 is 0. The number of nitriles is 2. The monoisotopic (exact) mass is 448 g/mol. The van der Waals surface area contributed by atoms with E-state index in [1.54, 1.807) is 4.90 Å². The third kappa shape index (κ3) is 5.20. The van der Waals surface area contributed by atoms with E-state index < -0.39 is 6.04 Å². The number of carbonyl (C=O) groups is 2. The van der Waals surface area contributed by atoms with Gasteiger partial charge in [0, 0.05) is 31.7 Å². The van der Waals surface area contributed by atoms with E-state index in [0.717, 1.165) is 56.5 Å². The number of carbonyl (C=O) groups excluding carboxylic acids is 2. The number of allylic oxidation sites excluding steroid dienone is 1. The Labute approximate surface area is 193 Å². The highest BCUT2D eigenvalue weighted by Crippen LogP contribution is 2.28. The smallest absolute Gasteiger partial charge is 0.245 e. The zero-order valence-electron chi connectivity index (χ0n) is 18.6. The fourth-order valence-electron chi connectivity index (χ4n) is 4.52. The zero-order valence-corrected chi connectivity index (χ0v) is 18.6. The number of benzene rings is 1. The van der Waals surface area contributed by atoms with Gasteiger partial charge in [-0.3, -0.25) is 9.59 Å². The molecule has 9 heteroatoms. The number of rotatable bonds is 6. The standard InChI is InChI=1S/C24H28N6O3/c25-14-18(15-26)23(27-19-6-7-21-17(13-19)8-12-33-21)28-20-5-1-2-11-30(24(20)32)16-22(31)29-9-3-4-10-29/h6-7,13,20,27-28H,1-5,8-12,16H2/t20-/m0/s1. The van der Waals surface area contributed by atoms with Crippen molar-refractivity contribution in [2.24, 2.45) is 0 Å². The highest BCUT2D eigenvalue weighted by Gasteiger charge is 2.31. The molecule has 0 spiro atoms. The topological polar surface area (TPSA) is 121 Å². The van der Waals surface area contributed by atoms with Gasteiger partial charge < -0.3 is 25.2 Å². The van der Waals surface area contributed by atoms with Crippen LogP contribution >= 0.6 is 0 Å². The lowest BCUT2D eigenvalue weighted by Gasteiger charge is -2.27. The fourth-order valence-corrected chi connectivity index (χ4v) is 4.52. The van der Waals surface area contributed by atoms with Crippen LogP contribution in [0.5, 0.6) is 5.75 Å². The van der Waals surface area contributed by atoms with Crippen molar-refractivity contribution in [2.45, 2.75) is 44.6 Å². The fraction of sp³-hybridized carbons (Fsp3) is 0.500. The highest BCUT2D eigenvalue weighted by atomic mass is 16.5. The molecule has 3 aliphatic heterocycles. The number of hydrogen-bond acceptors (Lipinski definition) is 7. The SMILES string of the molecule is N#CC(C#N)=C(Nc1ccc2c(c1)CCO2)N[C@H]1CCCCN(CC(=O)N2CCCC2)C1=O. The van der Waals surface area contributed by atoms with Gasteiger partial charge in [0.15, 0.2) is 5.57 Å². The number of amides is 2. The molecule has 1 aromatic rings. The summed E-state index contributed by atoms with van der Waals surface area (Å²) in [7, 11) is 0. The maximum absolute atomic E-state index is 13.3. The molecule has 0 bridgehead atoms. The number of fused-ring (bicyclic) bond motifs is 1. The molecule has 2 fully saturated rings. The minimum atomic E-state index is -0.629. The quantitative estimate of drug-likeness (QED) is 0.637. The molecule has 1 atom stereocenters. The molecule has 0 aromatic heterocycles. The van der Waals surface area contributed by atoms with E-state index in [4.69, 9.17) is 4.74 Å². The van der Waals surface area contributed by atoms with Gasteiger partial charge in [-0.2, -0.15) is 10.5 Å². The van der Waals surface area contributed by atoms with Gasteiger partial charge in [-0.1, -0.05) is 0 Å². The summed E-state index contributed by atoms with van der Waals surface area (Å²) in [4.78, 5) is 29.3. The normalized spacial score (nSPS) is 19.6. The molecule has 0 unspecified atom stereocenters. The van der Waals surface area contributed by atoms with Crippen LogP contribution in [0, 0.1) is 22.7 Å². The van der Waals surface area contributed by atoms with Crippen LogP contribution in [-0.4, -0.2) is 60.4 Å². The number of likely N-dealkylation sites (tertiary alicyclic amines) is 2. The molecule has 33 heavy (non-hydrogen) atoms. The van der Waals surface area contributed by atoms with E-state index in [9.17, 15) is 20.1 Å². The molecule has 2 amide bonds. The van der Waals surface area contributed by atoms with Crippen molar-refractivity contribution < 1.29 is 14.3 Å². The average molecular weight is 449 g/mol. The first kappa shape index (κ1) is 22.5. The predicted molar refractivity (Wildman–Crippen MR) is 121 cm³/mol. The van der Waals surface area contributed by atoms with Gasteiger partial charge in [0.1, 0.15) is 29.8 Å². The molecule has 3 heterocycles. The third-order valence-corrected chi connectivity index (χ3v) is 6.32. The number of ether oxygens (including phenoxy) is 1. The van der Waals surface area contributed by atoms with Crippen molar-refractivity contribution in [2.75, 3.05) is 38.1 Å². The molecular weight excluding hydrogens is 420 g/mol. The second-order valence-corrected chi connectivity index (χ2v) is 8.56. The molecule has 4 rings (SSSR count). The van der Waals surface area contributed by atoms with Gasteiger partial charge >= 0.3 is 0 Å². The maximum Gasteiger partial charge on any atom is 0.245 e. The van der Waals surface area contributed by atoms with Crippen LogP contribution < -0.4 is 15.4 Å². The first-order valence-electron chi connectivity index (χ1n) is 11.5. The van der Waals surface area contributed by atoms with E-state index in [0.29, 0.717) is 25.3 Å². The second-order valence-electron chi connectivity index (χ2n) is 8.56. The molecule has 0 radical (unpaired) electrons. The Kier molecular flexibility index (Phi) is 6.99.